The quantitative estimate of drug-likeness (QED) is 0.548. The summed E-state index contributed by atoms with van der Waals surface area (Å²) in [6.45, 7) is 5.91. The third kappa shape index (κ3) is 2.77. The van der Waals surface area contributed by atoms with Crippen LogP contribution >= 0.6 is 23.5 Å². The van der Waals surface area contributed by atoms with Crippen LogP contribution in [0.5, 0.6) is 0 Å². The molecule has 0 N–H and O–H groups in total. The van der Waals surface area contributed by atoms with E-state index in [2.05, 4.69) is 32.4 Å². The van der Waals surface area contributed by atoms with Gasteiger partial charge in [-0.15, -0.1) is 10.2 Å². The third-order valence-electron chi connectivity index (χ3n) is 5.53. The number of thioether (sulfide) groups is 2. The summed E-state index contributed by atoms with van der Waals surface area (Å²) in [6, 6.07) is 5.69. The molecule has 0 saturated carbocycles. The first-order valence-corrected chi connectivity index (χ1v) is 11.1. The maximum atomic E-state index is 11.9. The van der Waals surface area contributed by atoms with Gasteiger partial charge in [-0.3, -0.25) is 15.1 Å². The highest BCUT2D eigenvalue weighted by Gasteiger charge is 2.39. The van der Waals surface area contributed by atoms with E-state index in [-0.39, 0.29) is 16.0 Å². The van der Waals surface area contributed by atoms with Gasteiger partial charge in [-0.1, -0.05) is 24.8 Å². The smallest absolute Gasteiger partial charge is 0.292 e. The highest BCUT2D eigenvalue weighted by molar-refractivity contribution is 8.07. The first kappa shape index (κ1) is 17.9. The van der Waals surface area contributed by atoms with Crippen LogP contribution in [0.25, 0.3) is 0 Å². The Morgan fingerprint density at radius 2 is 2.04 bits per heavy atom. The highest BCUT2D eigenvalue weighted by atomic mass is 32.2. The van der Waals surface area contributed by atoms with Crippen LogP contribution in [0.3, 0.4) is 0 Å². The minimum Gasteiger partial charge on any atom is -0.366 e. The van der Waals surface area contributed by atoms with Gasteiger partial charge in [0.15, 0.2) is 5.82 Å². The number of anilines is 1. The van der Waals surface area contributed by atoms with E-state index in [1.807, 2.05) is 23.7 Å². The number of rotatable bonds is 3. The summed E-state index contributed by atoms with van der Waals surface area (Å²) >= 11 is 3.23. The Labute approximate surface area is 171 Å². The Kier molecular flexibility index (Phi) is 4.27. The monoisotopic (exact) mass is 416 g/mol. The number of nitrogens with zero attached hydrogens (tertiary/aromatic N) is 6. The van der Waals surface area contributed by atoms with Gasteiger partial charge in [0.1, 0.15) is 16.1 Å². The number of nitro benzene ring substituents is 1. The molecule has 1 aromatic heterocycles. The number of fused-ring (bicyclic) bond motifs is 3. The van der Waals surface area contributed by atoms with Gasteiger partial charge in [-0.2, -0.15) is 0 Å². The number of piperidine rings is 1. The molecule has 5 rings (SSSR count). The molecule has 0 amide bonds. The molecular weight excluding hydrogens is 396 g/mol. The fourth-order valence-corrected chi connectivity index (χ4v) is 6.21. The van der Waals surface area contributed by atoms with Crippen LogP contribution in [0, 0.1) is 23.0 Å². The molecule has 146 valence electrons. The molecule has 1 saturated heterocycles. The van der Waals surface area contributed by atoms with Crippen LogP contribution in [0.15, 0.2) is 33.8 Å². The molecule has 0 aliphatic carbocycles. The van der Waals surface area contributed by atoms with Gasteiger partial charge in [0.2, 0.25) is 5.16 Å². The maximum Gasteiger partial charge on any atom is 0.292 e. The number of aromatic nitrogens is 3. The van der Waals surface area contributed by atoms with Gasteiger partial charge in [0.05, 0.1) is 4.92 Å². The molecule has 1 atom stereocenters. The van der Waals surface area contributed by atoms with E-state index in [4.69, 9.17) is 0 Å². The first-order valence-electron chi connectivity index (χ1n) is 9.31. The van der Waals surface area contributed by atoms with E-state index in [1.165, 1.54) is 0 Å². The van der Waals surface area contributed by atoms with Gasteiger partial charge >= 0.3 is 0 Å². The normalized spacial score (nSPS) is 21.6. The molecule has 3 aliphatic heterocycles. The van der Waals surface area contributed by atoms with E-state index in [9.17, 15) is 10.1 Å². The summed E-state index contributed by atoms with van der Waals surface area (Å²) in [7, 11) is 0. The van der Waals surface area contributed by atoms with Crippen LogP contribution in [0.2, 0.25) is 0 Å². The van der Waals surface area contributed by atoms with E-state index in [1.54, 1.807) is 29.6 Å². The molecule has 1 aromatic carbocycles. The van der Waals surface area contributed by atoms with Crippen LogP contribution in [-0.4, -0.2) is 32.9 Å². The van der Waals surface area contributed by atoms with E-state index >= 15 is 0 Å². The lowest BCUT2D eigenvalue weighted by Gasteiger charge is -2.32. The van der Waals surface area contributed by atoms with Crippen molar-refractivity contribution < 1.29 is 4.92 Å². The Hall–Kier alpha value is -2.20. The number of hydrogen-bond donors (Lipinski definition) is 0. The van der Waals surface area contributed by atoms with Crippen LogP contribution in [-0.2, 0) is 0 Å². The lowest BCUT2D eigenvalue weighted by atomic mass is 9.98. The van der Waals surface area contributed by atoms with Gasteiger partial charge in [-0.25, -0.2) is 4.68 Å². The molecule has 0 bridgehead atoms. The van der Waals surface area contributed by atoms with Crippen molar-refractivity contribution in [2.45, 2.75) is 37.2 Å². The Morgan fingerprint density at radius 1 is 1.25 bits per heavy atom. The topological polar surface area (TPSA) is 80.3 Å². The summed E-state index contributed by atoms with van der Waals surface area (Å²) in [4.78, 5) is 13.8. The zero-order chi connectivity index (χ0) is 19.4. The standard InChI is InChI=1S/C18H20N6O2S2/c1-11-5-7-21(8-6-11)14-4-3-13(9-15(14)24(25)26)17-23-16(10-27-17)28-18-20-19-12(2)22(18)23/h3-4,9-11,17H,5-8H2,1-2H3/t17-/m0/s1. The molecule has 28 heavy (non-hydrogen) atoms. The number of benzene rings is 1. The van der Waals surface area contributed by atoms with Crippen molar-refractivity contribution in [2.75, 3.05) is 23.0 Å². The number of aryl methyl sites for hydroxylation is 1. The van der Waals surface area contributed by atoms with Crippen LogP contribution in [0.4, 0.5) is 11.4 Å². The first-order chi connectivity index (χ1) is 13.5. The molecule has 0 spiro atoms. The molecule has 3 aliphatic rings. The van der Waals surface area contributed by atoms with Crippen LogP contribution < -0.4 is 9.91 Å². The molecule has 2 aromatic rings. The van der Waals surface area contributed by atoms with Crippen molar-refractivity contribution in [2.24, 2.45) is 5.92 Å². The second-order valence-electron chi connectivity index (χ2n) is 7.41. The predicted octanol–water partition coefficient (Wildman–Crippen LogP) is 4.02. The SMILES string of the molecule is Cc1nnc2n1N1C(=CS[C@H]1c1ccc(N3CCC(C)CC3)c([N+](=O)[O-])c1)S2. The third-order valence-corrected chi connectivity index (χ3v) is 7.72. The van der Waals surface area contributed by atoms with E-state index in [0.29, 0.717) is 5.92 Å². The van der Waals surface area contributed by atoms with Gasteiger partial charge < -0.3 is 4.90 Å². The fourth-order valence-electron chi connectivity index (χ4n) is 3.94. The largest absolute Gasteiger partial charge is 0.366 e. The van der Waals surface area contributed by atoms with E-state index < -0.39 is 0 Å². The van der Waals surface area contributed by atoms with Crippen molar-refractivity contribution >= 4 is 34.9 Å². The summed E-state index contributed by atoms with van der Waals surface area (Å²) in [5, 5.41) is 26.3. The van der Waals surface area contributed by atoms with Crippen molar-refractivity contribution in [1.29, 1.82) is 0 Å². The summed E-state index contributed by atoms with van der Waals surface area (Å²) in [6.07, 6.45) is 2.15. The van der Waals surface area contributed by atoms with Crippen molar-refractivity contribution in [3.63, 3.8) is 0 Å². The highest BCUT2D eigenvalue weighted by Crippen LogP contribution is 2.51. The van der Waals surface area contributed by atoms with Crippen molar-refractivity contribution in [1.82, 2.24) is 14.9 Å². The predicted molar refractivity (Wildman–Crippen MR) is 111 cm³/mol. The molecule has 1 fully saturated rings. The van der Waals surface area contributed by atoms with Crippen molar-refractivity contribution in [3.8, 4) is 0 Å². The van der Waals surface area contributed by atoms with E-state index in [0.717, 1.165) is 53.2 Å². The Morgan fingerprint density at radius 3 is 2.79 bits per heavy atom. The zero-order valence-electron chi connectivity index (χ0n) is 15.6. The average Bonchev–Trinajstić information content (AvgIpc) is 3.34. The fraction of sp³-hybridized carbons (Fsp3) is 0.444. The summed E-state index contributed by atoms with van der Waals surface area (Å²) in [5.41, 5.74) is 1.83. The van der Waals surface area contributed by atoms with Crippen LogP contribution in [0.1, 0.15) is 36.5 Å². The second-order valence-corrected chi connectivity index (χ2v) is 9.35. The zero-order valence-corrected chi connectivity index (χ0v) is 17.2. The molecule has 10 heteroatoms. The van der Waals surface area contributed by atoms with Crippen molar-refractivity contribution in [3.05, 3.63) is 50.1 Å². The number of nitro groups is 1. The Balaban J connectivity index is 1.49. The van der Waals surface area contributed by atoms with Gasteiger partial charge in [0.25, 0.3) is 5.69 Å². The average molecular weight is 417 g/mol. The maximum absolute atomic E-state index is 11.9. The van der Waals surface area contributed by atoms with Gasteiger partial charge in [0, 0.05) is 24.6 Å². The number of hydrogen-bond acceptors (Lipinski definition) is 8. The minimum absolute atomic E-state index is 0.0624. The molecule has 4 heterocycles. The second kappa shape index (κ2) is 6.70. The molecular formula is C18H20N6O2S2. The minimum atomic E-state index is -0.251. The lowest BCUT2D eigenvalue weighted by Crippen LogP contribution is -2.33. The van der Waals surface area contributed by atoms with Gasteiger partial charge in [-0.05, 0) is 49.1 Å². The molecule has 8 nitrogen and oxygen atoms in total. The summed E-state index contributed by atoms with van der Waals surface area (Å²) in [5.74, 6) is 1.50. The molecule has 0 radical (unpaired) electrons. The summed E-state index contributed by atoms with van der Waals surface area (Å²) < 4.78 is 1.99. The lowest BCUT2D eigenvalue weighted by molar-refractivity contribution is -0.384. The molecule has 0 unspecified atom stereocenters. The Bertz CT molecular complexity index is 982.